The van der Waals surface area contributed by atoms with Gasteiger partial charge in [0, 0.05) is 37.1 Å². The van der Waals surface area contributed by atoms with Gasteiger partial charge < -0.3 is 15.2 Å². The van der Waals surface area contributed by atoms with Gasteiger partial charge in [-0.15, -0.1) is 0 Å². The van der Waals surface area contributed by atoms with Crippen LogP contribution in [0.1, 0.15) is 43.2 Å². The molecule has 2 aromatic rings. The Hall–Kier alpha value is -2.63. The quantitative estimate of drug-likeness (QED) is 0.506. The van der Waals surface area contributed by atoms with Crippen LogP contribution in [-0.4, -0.2) is 42.3 Å². The molecule has 0 unspecified atom stereocenters. The average Bonchev–Trinajstić information content (AvgIpc) is 3.37. The summed E-state index contributed by atoms with van der Waals surface area (Å²) in [6, 6.07) is 19.5. The van der Waals surface area contributed by atoms with Gasteiger partial charge in [0.25, 0.3) is 0 Å². The summed E-state index contributed by atoms with van der Waals surface area (Å²) in [6.07, 6.45) is 4.46. The van der Waals surface area contributed by atoms with Crippen molar-refractivity contribution in [2.45, 2.75) is 50.1 Å². The molecule has 2 aliphatic heterocycles. The van der Waals surface area contributed by atoms with Gasteiger partial charge in [0.15, 0.2) is 0 Å². The van der Waals surface area contributed by atoms with Crippen LogP contribution in [0.4, 0.5) is 5.69 Å². The minimum absolute atomic E-state index is 0.211. The number of para-hydroxylation sites is 1. The number of hydrogen-bond donors (Lipinski definition) is 2. The number of aliphatic hydroxyl groups excluding tert-OH is 1. The lowest BCUT2D eigenvalue weighted by atomic mass is 9.62. The third kappa shape index (κ3) is 3.35. The Labute approximate surface area is 190 Å². The normalized spacial score (nSPS) is 26.3. The van der Waals surface area contributed by atoms with Crippen molar-refractivity contribution < 1.29 is 14.6 Å². The number of nitrogens with zero attached hydrogens (tertiary/aromatic N) is 1. The maximum Gasteiger partial charge on any atom is 0.335 e. The molecule has 0 amide bonds. The third-order valence-electron chi connectivity index (χ3n) is 7.66. The topological polar surface area (TPSA) is 61.8 Å². The van der Waals surface area contributed by atoms with E-state index in [2.05, 4.69) is 64.8 Å². The third-order valence-corrected chi connectivity index (χ3v) is 7.66. The molecule has 32 heavy (non-hydrogen) atoms. The summed E-state index contributed by atoms with van der Waals surface area (Å²) in [5, 5.41) is 13.0. The van der Waals surface area contributed by atoms with Gasteiger partial charge in [-0.3, -0.25) is 4.90 Å². The molecule has 0 saturated carbocycles. The van der Waals surface area contributed by atoms with Gasteiger partial charge in [0.2, 0.25) is 0 Å². The number of methoxy groups -OCH3 is 1. The van der Waals surface area contributed by atoms with Crippen molar-refractivity contribution in [3.8, 4) is 0 Å². The summed E-state index contributed by atoms with van der Waals surface area (Å²) in [6.45, 7) is 2.11. The Kier molecular flexibility index (Phi) is 5.78. The number of unbranched alkanes of at least 4 members (excludes halogenated alkanes) is 1. The molecule has 1 saturated heterocycles. The molecule has 5 nitrogen and oxygen atoms in total. The van der Waals surface area contributed by atoms with Crippen LogP contribution in [0.25, 0.3) is 0 Å². The van der Waals surface area contributed by atoms with Crippen LogP contribution < -0.4 is 5.32 Å². The van der Waals surface area contributed by atoms with Crippen LogP contribution in [-0.2, 0) is 21.5 Å². The fraction of sp³-hybridized carbons (Fsp3) is 0.444. The van der Waals surface area contributed by atoms with Crippen molar-refractivity contribution in [1.82, 2.24) is 4.90 Å². The first kappa shape index (κ1) is 21.2. The van der Waals surface area contributed by atoms with Crippen LogP contribution in [0.5, 0.6) is 0 Å². The number of aliphatic hydroxyl groups is 1. The standard InChI is InChI=1S/C27H32N2O3/c1-32-26(31)21-17-20(11-7-8-16-30)25-27(22-12-5-6-13-23(22)28-24(21)27)14-15-29(25)18-19-9-3-2-4-10-19/h2-6,9-10,12-13,20,25,28,30H,7-8,11,14-18H2,1H3/t20-,25+,27+/m0/s1. The van der Waals surface area contributed by atoms with E-state index in [0.717, 1.165) is 55.7 Å². The number of rotatable bonds is 7. The molecule has 3 atom stereocenters. The van der Waals surface area contributed by atoms with E-state index in [1.54, 1.807) is 0 Å². The van der Waals surface area contributed by atoms with Gasteiger partial charge in [-0.25, -0.2) is 4.79 Å². The smallest absolute Gasteiger partial charge is 0.335 e. The lowest BCUT2D eigenvalue weighted by Crippen LogP contribution is -2.51. The molecule has 1 spiro atoms. The van der Waals surface area contributed by atoms with Crippen LogP contribution >= 0.6 is 0 Å². The van der Waals surface area contributed by atoms with E-state index in [0.29, 0.717) is 18.4 Å². The number of anilines is 1. The van der Waals surface area contributed by atoms with Crippen LogP contribution in [0.2, 0.25) is 0 Å². The first-order valence-corrected chi connectivity index (χ1v) is 11.8. The molecule has 3 aliphatic rings. The number of carbonyl (C=O) groups excluding carboxylic acids is 1. The highest BCUT2D eigenvalue weighted by Gasteiger charge is 2.60. The van der Waals surface area contributed by atoms with Gasteiger partial charge in [-0.1, -0.05) is 55.0 Å². The molecule has 0 aromatic heterocycles. The van der Waals surface area contributed by atoms with Gasteiger partial charge >= 0.3 is 5.97 Å². The zero-order valence-corrected chi connectivity index (χ0v) is 18.7. The Balaban J connectivity index is 1.61. The number of nitrogens with one attached hydrogen (secondary N) is 1. The number of fused-ring (bicyclic) bond motifs is 1. The number of carbonyl (C=O) groups is 1. The summed E-state index contributed by atoms with van der Waals surface area (Å²) in [7, 11) is 1.48. The second-order valence-electron chi connectivity index (χ2n) is 9.32. The monoisotopic (exact) mass is 432 g/mol. The van der Waals surface area contributed by atoms with Crippen molar-refractivity contribution in [3.63, 3.8) is 0 Å². The maximum atomic E-state index is 12.9. The van der Waals surface area contributed by atoms with E-state index in [-0.39, 0.29) is 18.0 Å². The lowest BCUT2D eigenvalue weighted by molar-refractivity contribution is -0.136. The summed E-state index contributed by atoms with van der Waals surface area (Å²) in [5.41, 5.74) is 5.40. The molecular formula is C27H32N2O3. The second kappa shape index (κ2) is 8.72. The van der Waals surface area contributed by atoms with Gasteiger partial charge in [0.05, 0.1) is 18.1 Å². The van der Waals surface area contributed by atoms with E-state index in [1.807, 2.05) is 0 Å². The molecule has 2 heterocycles. The molecule has 5 rings (SSSR count). The summed E-state index contributed by atoms with van der Waals surface area (Å²) in [4.78, 5) is 15.6. The zero-order valence-electron chi connectivity index (χ0n) is 18.7. The van der Waals surface area contributed by atoms with Crippen molar-refractivity contribution in [1.29, 1.82) is 0 Å². The Morgan fingerprint density at radius 2 is 1.94 bits per heavy atom. The Bertz CT molecular complexity index is 1020. The molecule has 1 fully saturated rings. The first-order chi connectivity index (χ1) is 15.7. The molecule has 5 heteroatoms. The van der Waals surface area contributed by atoms with E-state index in [1.165, 1.54) is 18.2 Å². The van der Waals surface area contributed by atoms with E-state index >= 15 is 0 Å². The predicted octanol–water partition coefficient (Wildman–Crippen LogP) is 4.23. The molecule has 2 N–H and O–H groups in total. The highest BCUT2D eigenvalue weighted by Crippen LogP contribution is 2.59. The number of esters is 1. The van der Waals surface area contributed by atoms with E-state index in [4.69, 9.17) is 4.74 Å². The molecule has 2 aromatic carbocycles. The summed E-state index contributed by atoms with van der Waals surface area (Å²) >= 11 is 0. The van der Waals surface area contributed by atoms with E-state index in [9.17, 15) is 9.90 Å². The van der Waals surface area contributed by atoms with Crippen molar-refractivity contribution in [2.75, 3.05) is 25.6 Å². The fourth-order valence-electron chi connectivity index (χ4n) is 6.45. The fourth-order valence-corrected chi connectivity index (χ4v) is 6.45. The molecule has 0 radical (unpaired) electrons. The van der Waals surface area contributed by atoms with Gasteiger partial charge in [-0.2, -0.15) is 0 Å². The molecule has 168 valence electrons. The van der Waals surface area contributed by atoms with Gasteiger partial charge in [0.1, 0.15) is 0 Å². The van der Waals surface area contributed by atoms with E-state index < -0.39 is 0 Å². The van der Waals surface area contributed by atoms with Crippen molar-refractivity contribution in [3.05, 3.63) is 77.0 Å². The zero-order chi connectivity index (χ0) is 22.1. The average molecular weight is 433 g/mol. The molecular weight excluding hydrogens is 400 g/mol. The number of hydrogen-bond acceptors (Lipinski definition) is 5. The first-order valence-electron chi connectivity index (χ1n) is 11.8. The minimum Gasteiger partial charge on any atom is -0.466 e. The predicted molar refractivity (Wildman–Crippen MR) is 125 cm³/mol. The van der Waals surface area contributed by atoms with Gasteiger partial charge in [-0.05, 0) is 48.8 Å². The molecule has 0 bridgehead atoms. The van der Waals surface area contributed by atoms with Crippen LogP contribution in [0.3, 0.4) is 0 Å². The number of ether oxygens (including phenoxy) is 1. The second-order valence-corrected chi connectivity index (χ2v) is 9.32. The lowest BCUT2D eigenvalue weighted by Gasteiger charge is -2.46. The number of benzene rings is 2. The SMILES string of the molecule is COC(=O)C1=C2Nc3ccccc3[C@]23CCN(Cc2ccccc2)[C@@H]3[C@@H](CCCCO)C1. The minimum atomic E-state index is -0.216. The highest BCUT2D eigenvalue weighted by atomic mass is 16.5. The highest BCUT2D eigenvalue weighted by molar-refractivity contribution is 5.93. The molecule has 1 aliphatic carbocycles. The summed E-state index contributed by atoms with van der Waals surface area (Å²) in [5.74, 6) is 0.116. The van der Waals surface area contributed by atoms with Crippen molar-refractivity contribution in [2.24, 2.45) is 5.92 Å². The summed E-state index contributed by atoms with van der Waals surface area (Å²) < 4.78 is 5.25. The van der Waals surface area contributed by atoms with Crippen LogP contribution in [0.15, 0.2) is 65.9 Å². The maximum absolute atomic E-state index is 12.9. The van der Waals surface area contributed by atoms with Crippen LogP contribution in [0, 0.1) is 5.92 Å². The van der Waals surface area contributed by atoms with Crippen molar-refractivity contribution >= 4 is 11.7 Å². The Morgan fingerprint density at radius 1 is 1.16 bits per heavy atom. The Morgan fingerprint density at radius 3 is 2.72 bits per heavy atom. The number of likely N-dealkylation sites (tertiary alicyclic amines) is 1. The largest absolute Gasteiger partial charge is 0.466 e.